The van der Waals surface area contributed by atoms with Crippen molar-refractivity contribution in [2.45, 2.75) is 123 Å². The van der Waals surface area contributed by atoms with Gasteiger partial charge in [-0.05, 0) is 137 Å². The summed E-state index contributed by atoms with van der Waals surface area (Å²) in [6.07, 6.45) is 17.0. The van der Waals surface area contributed by atoms with E-state index in [4.69, 9.17) is 5.73 Å². The zero-order chi connectivity index (χ0) is 28.9. The number of fused-ring (bicyclic) bond motifs is 5. The number of aliphatic hydroxyl groups is 1. The van der Waals surface area contributed by atoms with E-state index in [1.54, 1.807) is 0 Å². The van der Waals surface area contributed by atoms with E-state index in [-0.39, 0.29) is 17.4 Å². The van der Waals surface area contributed by atoms with E-state index in [0.29, 0.717) is 41.0 Å². The Morgan fingerprint density at radius 2 is 1.77 bits per heavy atom. The molecule has 0 heterocycles. The van der Waals surface area contributed by atoms with Gasteiger partial charge < -0.3 is 26.6 Å². The monoisotopic (exact) mass is 559 g/mol. The van der Waals surface area contributed by atoms with Gasteiger partial charge in [0.2, 0.25) is 0 Å². The highest BCUT2D eigenvalue weighted by Gasteiger charge is 2.61. The van der Waals surface area contributed by atoms with Crippen LogP contribution in [0.25, 0.3) is 0 Å². The van der Waals surface area contributed by atoms with Crippen LogP contribution in [0.2, 0.25) is 0 Å². The van der Waals surface area contributed by atoms with Crippen LogP contribution in [0.15, 0.2) is 11.6 Å². The van der Waals surface area contributed by atoms with Gasteiger partial charge in [0.1, 0.15) is 0 Å². The van der Waals surface area contributed by atoms with Crippen LogP contribution in [0.3, 0.4) is 0 Å². The SMILES string of the molecule is CC(CCC[C@@H](C)[C@H]1CCC2C3C(CC[C@@]21C)[C@@]1(C)CC[C@H](NCCCNCCCCN)CC1=C[C@H]3O)C(=O)O. The molecule has 3 saturated carbocycles. The van der Waals surface area contributed by atoms with Crippen molar-refractivity contribution >= 4 is 5.97 Å². The summed E-state index contributed by atoms with van der Waals surface area (Å²) in [6.45, 7) is 13.3. The van der Waals surface area contributed by atoms with Gasteiger partial charge in [-0.1, -0.05) is 52.2 Å². The van der Waals surface area contributed by atoms with Crippen molar-refractivity contribution in [1.82, 2.24) is 10.6 Å². The molecule has 3 fully saturated rings. The van der Waals surface area contributed by atoms with Crippen molar-refractivity contribution in [3.63, 3.8) is 0 Å². The van der Waals surface area contributed by atoms with Gasteiger partial charge in [-0.15, -0.1) is 0 Å². The smallest absolute Gasteiger partial charge is 0.306 e. The van der Waals surface area contributed by atoms with Crippen LogP contribution in [0, 0.1) is 46.3 Å². The van der Waals surface area contributed by atoms with E-state index in [0.717, 1.165) is 71.1 Å². The van der Waals surface area contributed by atoms with E-state index in [2.05, 4.69) is 37.5 Å². The minimum Gasteiger partial charge on any atom is -0.481 e. The molecule has 0 spiro atoms. The normalized spacial score (nSPS) is 38.6. The lowest BCUT2D eigenvalue weighted by Crippen LogP contribution is -2.55. The molecule has 0 saturated heterocycles. The average Bonchev–Trinajstić information content (AvgIpc) is 3.27. The Kier molecular flexibility index (Phi) is 11.2. The highest BCUT2D eigenvalue weighted by Crippen LogP contribution is 2.67. The van der Waals surface area contributed by atoms with E-state index in [9.17, 15) is 15.0 Å². The Labute approximate surface area is 244 Å². The standard InChI is InChI=1S/C34H61N3O3/c1-23(9-7-10-24(2)32(39)40)27-11-12-28-31-29(14-16-34(27,28)4)33(3)15-13-26(21-25(33)22-30(31)38)37-20-8-19-36-18-6-5-17-35/h22-24,26-31,36-38H,5-21,35H2,1-4H3,(H,39,40)/t23-,24?,26+,27-,28?,29?,30-,31?,33+,34-/m1/s1. The molecule has 40 heavy (non-hydrogen) atoms. The molecule has 0 aromatic carbocycles. The maximum absolute atomic E-state index is 11.7. The largest absolute Gasteiger partial charge is 0.481 e. The van der Waals surface area contributed by atoms with Crippen molar-refractivity contribution in [2.75, 3.05) is 26.2 Å². The molecule has 6 N–H and O–H groups in total. The van der Waals surface area contributed by atoms with Crippen LogP contribution < -0.4 is 16.4 Å². The molecule has 0 radical (unpaired) electrons. The third-order valence-electron chi connectivity index (χ3n) is 12.4. The van der Waals surface area contributed by atoms with Gasteiger partial charge in [-0.2, -0.15) is 0 Å². The van der Waals surface area contributed by atoms with E-state index < -0.39 is 5.97 Å². The average molecular weight is 560 g/mol. The summed E-state index contributed by atoms with van der Waals surface area (Å²) in [6, 6.07) is 0.537. The number of hydrogen-bond acceptors (Lipinski definition) is 5. The second kappa shape index (κ2) is 14.0. The first-order chi connectivity index (χ1) is 19.1. The summed E-state index contributed by atoms with van der Waals surface area (Å²) in [7, 11) is 0. The molecule has 0 bridgehead atoms. The fraction of sp³-hybridized carbons (Fsp3) is 0.912. The number of unbranched alkanes of at least 4 members (excludes halogenated alkanes) is 1. The quantitative estimate of drug-likeness (QED) is 0.129. The summed E-state index contributed by atoms with van der Waals surface area (Å²) in [5.74, 6) is 2.01. The maximum atomic E-state index is 11.7. The van der Waals surface area contributed by atoms with Crippen molar-refractivity contribution in [3.05, 3.63) is 11.6 Å². The summed E-state index contributed by atoms with van der Waals surface area (Å²) in [4.78, 5) is 11.2. The Bertz CT molecular complexity index is 863. The zero-order valence-electron chi connectivity index (χ0n) is 26.1. The van der Waals surface area contributed by atoms with Gasteiger partial charge >= 0.3 is 5.97 Å². The maximum Gasteiger partial charge on any atom is 0.306 e. The molecule has 4 unspecified atom stereocenters. The molecule has 4 aliphatic rings. The van der Waals surface area contributed by atoms with Crippen LogP contribution in [0.5, 0.6) is 0 Å². The fourth-order valence-corrected chi connectivity index (χ4v) is 9.91. The molecule has 0 aromatic heterocycles. The molecule has 0 amide bonds. The summed E-state index contributed by atoms with van der Waals surface area (Å²) in [5, 5.41) is 28.3. The molecule has 4 rings (SSSR count). The summed E-state index contributed by atoms with van der Waals surface area (Å²) >= 11 is 0. The number of nitrogens with one attached hydrogen (secondary N) is 2. The number of carboxylic acids is 1. The fourth-order valence-electron chi connectivity index (χ4n) is 9.91. The molecule has 4 aliphatic carbocycles. The predicted octanol–water partition coefficient (Wildman–Crippen LogP) is 5.74. The van der Waals surface area contributed by atoms with E-state index in [1.807, 2.05) is 6.92 Å². The second-order valence-electron chi connectivity index (χ2n) is 14.8. The second-order valence-corrected chi connectivity index (χ2v) is 14.8. The Morgan fingerprint density at radius 3 is 2.52 bits per heavy atom. The van der Waals surface area contributed by atoms with Gasteiger partial charge in [0.25, 0.3) is 0 Å². The highest BCUT2D eigenvalue weighted by molar-refractivity contribution is 5.69. The van der Waals surface area contributed by atoms with Crippen molar-refractivity contribution < 1.29 is 15.0 Å². The molecule has 0 aromatic rings. The van der Waals surface area contributed by atoms with Gasteiger partial charge in [-0.3, -0.25) is 4.79 Å². The Hall–Kier alpha value is -0.950. The molecule has 10 atom stereocenters. The highest BCUT2D eigenvalue weighted by atomic mass is 16.4. The lowest BCUT2D eigenvalue weighted by Gasteiger charge is -2.59. The molecular weight excluding hydrogens is 498 g/mol. The van der Waals surface area contributed by atoms with E-state index >= 15 is 0 Å². The van der Waals surface area contributed by atoms with Gasteiger partial charge in [0.05, 0.1) is 12.0 Å². The number of hydrogen-bond donors (Lipinski definition) is 5. The minimum atomic E-state index is -0.669. The van der Waals surface area contributed by atoms with E-state index in [1.165, 1.54) is 44.1 Å². The van der Waals surface area contributed by atoms with Crippen molar-refractivity contribution in [3.8, 4) is 0 Å². The number of nitrogens with two attached hydrogens (primary N) is 1. The third-order valence-corrected chi connectivity index (χ3v) is 12.4. The molecule has 230 valence electrons. The molecule has 6 heteroatoms. The van der Waals surface area contributed by atoms with Crippen molar-refractivity contribution in [1.29, 1.82) is 0 Å². The number of carboxylic acid groups (broad SMARTS) is 1. The van der Waals surface area contributed by atoms with Crippen molar-refractivity contribution in [2.24, 2.45) is 52.1 Å². The minimum absolute atomic E-state index is 0.241. The van der Waals surface area contributed by atoms with Crippen LogP contribution >= 0.6 is 0 Å². The number of carbonyl (C=O) groups is 1. The van der Waals surface area contributed by atoms with Gasteiger partial charge in [0, 0.05) is 6.04 Å². The lowest BCUT2D eigenvalue weighted by molar-refractivity contribution is -0.141. The Morgan fingerprint density at radius 1 is 1.00 bits per heavy atom. The first-order valence-electron chi connectivity index (χ1n) is 16.9. The number of rotatable bonds is 15. The van der Waals surface area contributed by atoms with Gasteiger partial charge in [-0.25, -0.2) is 0 Å². The lowest BCUT2D eigenvalue weighted by atomic mass is 9.46. The van der Waals surface area contributed by atoms with Crippen LogP contribution in [-0.2, 0) is 4.79 Å². The van der Waals surface area contributed by atoms with Gasteiger partial charge in [0.15, 0.2) is 0 Å². The number of aliphatic hydroxyl groups excluding tert-OH is 1. The molecular formula is C34H61N3O3. The number of aliphatic carboxylic acids is 1. The summed E-state index contributed by atoms with van der Waals surface area (Å²) in [5.41, 5.74) is 7.65. The predicted molar refractivity (Wildman–Crippen MR) is 164 cm³/mol. The third kappa shape index (κ3) is 6.82. The first kappa shape index (κ1) is 32.0. The summed E-state index contributed by atoms with van der Waals surface area (Å²) < 4.78 is 0. The van der Waals surface area contributed by atoms with Crippen LogP contribution in [0.4, 0.5) is 0 Å². The molecule has 0 aliphatic heterocycles. The molecule has 6 nitrogen and oxygen atoms in total. The zero-order valence-corrected chi connectivity index (χ0v) is 26.1. The Balaban J connectivity index is 1.32. The van der Waals surface area contributed by atoms with Crippen LogP contribution in [-0.4, -0.2) is 54.5 Å². The van der Waals surface area contributed by atoms with Crippen LogP contribution in [0.1, 0.15) is 111 Å². The topological polar surface area (TPSA) is 108 Å². The first-order valence-corrected chi connectivity index (χ1v) is 16.9.